The van der Waals surface area contributed by atoms with Gasteiger partial charge in [-0.3, -0.25) is 10.1 Å². The Hall–Kier alpha value is -4.39. The molecule has 7 heteroatoms. The number of rotatable bonds is 3. The molecule has 0 fully saturated rings. The lowest BCUT2D eigenvalue weighted by Gasteiger charge is -2.03. The molecule has 0 spiro atoms. The Kier molecular flexibility index (Phi) is 3.86. The van der Waals surface area contributed by atoms with Crippen molar-refractivity contribution in [1.82, 2.24) is 35.1 Å². The number of aromatic amines is 2. The number of nitrogens with one attached hydrogen (secondary N) is 2. The van der Waals surface area contributed by atoms with Gasteiger partial charge in [0.1, 0.15) is 5.52 Å². The fourth-order valence-corrected chi connectivity index (χ4v) is 3.82. The Morgan fingerprint density at radius 3 is 2.68 bits per heavy atom. The van der Waals surface area contributed by atoms with E-state index in [4.69, 9.17) is 9.97 Å². The first kappa shape index (κ1) is 17.5. The smallest absolute Gasteiger partial charge is 0.178 e. The summed E-state index contributed by atoms with van der Waals surface area (Å²) in [5.41, 5.74) is 8.93. The molecule has 7 nitrogen and oxygen atoms in total. The number of H-pyrrole nitrogens is 2. The molecule has 0 atom stereocenters. The molecule has 0 aliphatic heterocycles. The topological polar surface area (TPSA) is 96.0 Å². The minimum Gasteiger partial charge on any atom is -0.335 e. The molecule has 31 heavy (non-hydrogen) atoms. The van der Waals surface area contributed by atoms with Crippen LogP contribution >= 0.6 is 0 Å². The molecule has 0 amide bonds. The highest BCUT2D eigenvalue weighted by molar-refractivity contribution is 5.94. The molecule has 0 bridgehead atoms. The molecule has 0 saturated heterocycles. The van der Waals surface area contributed by atoms with Crippen molar-refractivity contribution in [3.8, 4) is 33.9 Å². The maximum absolute atomic E-state index is 4.83. The molecule has 5 aromatic heterocycles. The Morgan fingerprint density at radius 1 is 0.871 bits per heavy atom. The van der Waals surface area contributed by atoms with Gasteiger partial charge in [-0.1, -0.05) is 29.8 Å². The zero-order valence-corrected chi connectivity index (χ0v) is 16.7. The van der Waals surface area contributed by atoms with E-state index in [1.165, 1.54) is 5.56 Å². The Morgan fingerprint density at radius 2 is 1.81 bits per heavy atom. The normalized spacial score (nSPS) is 11.4. The summed E-state index contributed by atoms with van der Waals surface area (Å²) in [5, 5.41) is 7.54. The highest BCUT2D eigenvalue weighted by Crippen LogP contribution is 2.31. The highest BCUT2D eigenvalue weighted by Gasteiger charge is 2.17. The van der Waals surface area contributed by atoms with Crippen molar-refractivity contribution in [1.29, 1.82) is 0 Å². The SMILES string of the molecule is Cc1cccc(-c2ccnc3nc(-c4n[nH]c5ccc(-c6cccnc6)nc45)[nH]c23)c1. The number of hydrogen-bond donors (Lipinski definition) is 2. The average Bonchev–Trinajstić information content (AvgIpc) is 3.43. The number of benzene rings is 1. The van der Waals surface area contributed by atoms with Crippen molar-refractivity contribution in [3.05, 3.63) is 78.8 Å². The zero-order chi connectivity index (χ0) is 20.8. The van der Waals surface area contributed by atoms with Crippen LogP contribution in [0, 0.1) is 6.92 Å². The second-order valence-corrected chi connectivity index (χ2v) is 7.42. The van der Waals surface area contributed by atoms with Gasteiger partial charge in [0, 0.05) is 29.7 Å². The summed E-state index contributed by atoms with van der Waals surface area (Å²) in [5.74, 6) is 0.629. The number of imidazole rings is 1. The predicted molar refractivity (Wildman–Crippen MR) is 120 cm³/mol. The molecule has 1 aromatic carbocycles. The third-order valence-corrected chi connectivity index (χ3v) is 5.31. The number of aromatic nitrogens is 7. The van der Waals surface area contributed by atoms with Crippen molar-refractivity contribution in [2.45, 2.75) is 6.92 Å². The fraction of sp³-hybridized carbons (Fsp3) is 0.0417. The third-order valence-electron chi connectivity index (χ3n) is 5.31. The fourth-order valence-electron chi connectivity index (χ4n) is 3.82. The Bertz CT molecular complexity index is 1550. The molecule has 6 aromatic rings. The van der Waals surface area contributed by atoms with Gasteiger partial charge in [0.2, 0.25) is 0 Å². The second-order valence-electron chi connectivity index (χ2n) is 7.42. The number of hydrogen-bond acceptors (Lipinski definition) is 5. The number of nitrogens with zero attached hydrogens (tertiary/aromatic N) is 5. The number of pyridine rings is 3. The maximum atomic E-state index is 4.83. The van der Waals surface area contributed by atoms with E-state index in [1.807, 2.05) is 30.3 Å². The first-order valence-electron chi connectivity index (χ1n) is 9.94. The minimum atomic E-state index is 0.629. The summed E-state index contributed by atoms with van der Waals surface area (Å²) in [6.07, 6.45) is 5.33. The van der Waals surface area contributed by atoms with Gasteiger partial charge < -0.3 is 4.98 Å². The van der Waals surface area contributed by atoms with E-state index < -0.39 is 0 Å². The van der Waals surface area contributed by atoms with Gasteiger partial charge in [-0.15, -0.1) is 0 Å². The largest absolute Gasteiger partial charge is 0.335 e. The summed E-state index contributed by atoms with van der Waals surface area (Å²) in [6, 6.07) is 18.2. The van der Waals surface area contributed by atoms with Crippen molar-refractivity contribution >= 4 is 22.2 Å². The van der Waals surface area contributed by atoms with E-state index in [0.717, 1.165) is 38.9 Å². The summed E-state index contributed by atoms with van der Waals surface area (Å²) in [7, 11) is 0. The van der Waals surface area contributed by atoms with Crippen molar-refractivity contribution in [2.24, 2.45) is 0 Å². The monoisotopic (exact) mass is 403 g/mol. The second kappa shape index (κ2) is 6.84. The standard InChI is InChI=1S/C24H17N7/c1-14-4-2-5-15(12-14)17-9-11-26-23-20(17)28-24(29-23)22-21-19(30-31-22)8-7-18(27-21)16-6-3-10-25-13-16/h2-13H,1H3,(H,30,31)(H,26,28,29). The van der Waals surface area contributed by atoms with Crippen molar-refractivity contribution in [3.63, 3.8) is 0 Å². The summed E-state index contributed by atoms with van der Waals surface area (Å²) in [4.78, 5) is 21.6. The van der Waals surface area contributed by atoms with Gasteiger partial charge in [0.05, 0.1) is 16.7 Å². The van der Waals surface area contributed by atoms with Crippen molar-refractivity contribution < 1.29 is 0 Å². The van der Waals surface area contributed by atoms with Gasteiger partial charge in [-0.2, -0.15) is 5.10 Å². The molecule has 0 unspecified atom stereocenters. The van der Waals surface area contributed by atoms with Crippen LogP contribution in [0.1, 0.15) is 5.56 Å². The van der Waals surface area contributed by atoms with E-state index in [9.17, 15) is 0 Å². The van der Waals surface area contributed by atoms with Crippen LogP contribution in [0.5, 0.6) is 0 Å². The molecule has 2 N–H and O–H groups in total. The van der Waals surface area contributed by atoms with Gasteiger partial charge in [0.15, 0.2) is 17.2 Å². The molecule has 0 aliphatic rings. The van der Waals surface area contributed by atoms with E-state index >= 15 is 0 Å². The Balaban J connectivity index is 1.52. The molecule has 0 aliphatic carbocycles. The minimum absolute atomic E-state index is 0.629. The van der Waals surface area contributed by atoms with Gasteiger partial charge in [-0.25, -0.2) is 15.0 Å². The van der Waals surface area contributed by atoms with Crippen LogP contribution in [-0.4, -0.2) is 35.1 Å². The van der Waals surface area contributed by atoms with E-state index in [-0.39, 0.29) is 0 Å². The molecule has 0 saturated carbocycles. The van der Waals surface area contributed by atoms with E-state index in [2.05, 4.69) is 56.3 Å². The van der Waals surface area contributed by atoms with Crippen LogP contribution < -0.4 is 0 Å². The molecular weight excluding hydrogens is 386 g/mol. The Labute approximate surface area is 177 Å². The first-order valence-corrected chi connectivity index (χ1v) is 9.94. The van der Waals surface area contributed by atoms with Crippen LogP contribution in [0.2, 0.25) is 0 Å². The number of fused-ring (bicyclic) bond motifs is 2. The highest BCUT2D eigenvalue weighted by atomic mass is 15.2. The lowest BCUT2D eigenvalue weighted by molar-refractivity contribution is 1.10. The van der Waals surface area contributed by atoms with E-state index in [1.54, 1.807) is 18.6 Å². The lowest BCUT2D eigenvalue weighted by atomic mass is 10.0. The van der Waals surface area contributed by atoms with Crippen LogP contribution in [0.4, 0.5) is 0 Å². The first-order chi connectivity index (χ1) is 15.3. The van der Waals surface area contributed by atoms with Crippen LogP contribution in [-0.2, 0) is 0 Å². The molecule has 6 rings (SSSR count). The molecule has 5 heterocycles. The zero-order valence-electron chi connectivity index (χ0n) is 16.7. The van der Waals surface area contributed by atoms with Crippen molar-refractivity contribution in [2.75, 3.05) is 0 Å². The molecular formula is C24H17N7. The lowest BCUT2D eigenvalue weighted by Crippen LogP contribution is -1.87. The van der Waals surface area contributed by atoms with Crippen LogP contribution in [0.3, 0.4) is 0 Å². The molecule has 148 valence electrons. The number of aryl methyl sites for hydroxylation is 1. The van der Waals surface area contributed by atoms with Gasteiger partial charge >= 0.3 is 0 Å². The van der Waals surface area contributed by atoms with Gasteiger partial charge in [-0.05, 0) is 42.8 Å². The van der Waals surface area contributed by atoms with Gasteiger partial charge in [0.25, 0.3) is 0 Å². The third kappa shape index (κ3) is 2.95. The van der Waals surface area contributed by atoms with E-state index in [0.29, 0.717) is 17.2 Å². The average molecular weight is 403 g/mol. The summed E-state index contributed by atoms with van der Waals surface area (Å²) < 4.78 is 0. The maximum Gasteiger partial charge on any atom is 0.178 e. The quantitative estimate of drug-likeness (QED) is 0.437. The summed E-state index contributed by atoms with van der Waals surface area (Å²) >= 11 is 0. The molecule has 0 radical (unpaired) electrons. The van der Waals surface area contributed by atoms with Crippen LogP contribution in [0.15, 0.2) is 73.2 Å². The predicted octanol–water partition coefficient (Wildman–Crippen LogP) is 4.93. The summed E-state index contributed by atoms with van der Waals surface area (Å²) in [6.45, 7) is 2.08. The van der Waals surface area contributed by atoms with Crippen LogP contribution in [0.25, 0.3) is 56.1 Å².